The molecule has 2 aromatic rings. The van der Waals surface area contributed by atoms with Crippen molar-refractivity contribution in [2.24, 2.45) is 0 Å². The van der Waals surface area contributed by atoms with Gasteiger partial charge in [0.15, 0.2) is 0 Å². The standard InChI is InChI=1S/C13H9FN2O4S/c14-10-5-8(1-3-11(10)16(19)20)7-21-12-4-2-9(6-15-12)13(17)18/h1-6H,7H2,(H,17,18). The smallest absolute Gasteiger partial charge is 0.337 e. The number of benzene rings is 1. The number of hydrogen-bond acceptors (Lipinski definition) is 5. The highest BCUT2D eigenvalue weighted by Gasteiger charge is 2.13. The number of carboxylic acid groups (broad SMARTS) is 1. The monoisotopic (exact) mass is 308 g/mol. The molecule has 0 unspecified atom stereocenters. The molecule has 1 heterocycles. The normalized spacial score (nSPS) is 10.3. The van der Waals surface area contributed by atoms with Crippen LogP contribution in [0.3, 0.4) is 0 Å². The molecule has 6 nitrogen and oxygen atoms in total. The summed E-state index contributed by atoms with van der Waals surface area (Å²) in [6.07, 6.45) is 1.24. The lowest BCUT2D eigenvalue weighted by Gasteiger charge is -2.02. The van der Waals surface area contributed by atoms with Gasteiger partial charge in [-0.25, -0.2) is 9.78 Å². The third kappa shape index (κ3) is 3.76. The van der Waals surface area contributed by atoms with Gasteiger partial charge in [-0.1, -0.05) is 6.07 Å². The summed E-state index contributed by atoms with van der Waals surface area (Å²) in [6, 6.07) is 6.67. The quantitative estimate of drug-likeness (QED) is 0.518. The number of aromatic nitrogens is 1. The fourth-order valence-corrected chi connectivity index (χ4v) is 2.32. The summed E-state index contributed by atoms with van der Waals surface area (Å²) >= 11 is 1.28. The van der Waals surface area contributed by atoms with Crippen LogP contribution < -0.4 is 0 Å². The highest BCUT2D eigenvalue weighted by atomic mass is 32.2. The number of nitro benzene ring substituents is 1. The van der Waals surface area contributed by atoms with E-state index >= 15 is 0 Å². The Balaban J connectivity index is 2.04. The molecular formula is C13H9FN2O4S. The average molecular weight is 308 g/mol. The van der Waals surface area contributed by atoms with Crippen LogP contribution in [0.25, 0.3) is 0 Å². The zero-order valence-corrected chi connectivity index (χ0v) is 11.3. The summed E-state index contributed by atoms with van der Waals surface area (Å²) in [5.74, 6) is -1.57. The Morgan fingerprint density at radius 2 is 2.14 bits per heavy atom. The fourth-order valence-electron chi connectivity index (χ4n) is 1.54. The van der Waals surface area contributed by atoms with Crippen molar-refractivity contribution in [1.29, 1.82) is 0 Å². The first kappa shape index (κ1) is 14.9. The molecule has 0 radical (unpaired) electrons. The lowest BCUT2D eigenvalue weighted by Crippen LogP contribution is -1.97. The average Bonchev–Trinajstić information content (AvgIpc) is 2.45. The molecule has 0 aliphatic carbocycles. The van der Waals surface area contributed by atoms with Crippen LogP contribution >= 0.6 is 11.8 Å². The number of nitrogens with zero attached hydrogens (tertiary/aromatic N) is 2. The number of rotatable bonds is 5. The second-order valence-corrected chi connectivity index (χ2v) is 5.02. The third-order valence-corrected chi connectivity index (χ3v) is 3.59. The van der Waals surface area contributed by atoms with Crippen LogP contribution in [0.1, 0.15) is 15.9 Å². The van der Waals surface area contributed by atoms with E-state index in [1.165, 1.54) is 30.1 Å². The SMILES string of the molecule is O=C(O)c1ccc(SCc2ccc([N+](=O)[O-])c(F)c2)nc1. The molecule has 0 bridgehead atoms. The van der Waals surface area contributed by atoms with Gasteiger partial charge in [-0.3, -0.25) is 10.1 Å². The van der Waals surface area contributed by atoms with Crippen molar-refractivity contribution in [1.82, 2.24) is 4.98 Å². The second kappa shape index (κ2) is 6.31. The predicted octanol–water partition coefficient (Wildman–Crippen LogP) is 3.12. The molecule has 2 rings (SSSR count). The molecule has 0 aliphatic heterocycles. The Morgan fingerprint density at radius 3 is 2.67 bits per heavy atom. The minimum atomic E-state index is -1.06. The van der Waals surface area contributed by atoms with E-state index < -0.39 is 22.4 Å². The molecule has 21 heavy (non-hydrogen) atoms. The molecule has 0 aliphatic rings. The van der Waals surface area contributed by atoms with Crippen molar-refractivity contribution < 1.29 is 19.2 Å². The largest absolute Gasteiger partial charge is 0.478 e. The number of nitro groups is 1. The van der Waals surface area contributed by atoms with Crippen molar-refractivity contribution in [3.8, 4) is 0 Å². The maximum atomic E-state index is 13.4. The first-order valence-electron chi connectivity index (χ1n) is 5.72. The minimum Gasteiger partial charge on any atom is -0.478 e. The van der Waals surface area contributed by atoms with E-state index in [1.807, 2.05) is 0 Å². The molecule has 0 fully saturated rings. The molecule has 0 amide bonds. The van der Waals surface area contributed by atoms with Gasteiger partial charge in [0.1, 0.15) is 0 Å². The van der Waals surface area contributed by atoms with Gasteiger partial charge < -0.3 is 5.11 Å². The zero-order valence-electron chi connectivity index (χ0n) is 10.5. The van der Waals surface area contributed by atoms with Crippen LogP contribution in [0, 0.1) is 15.9 Å². The van der Waals surface area contributed by atoms with Gasteiger partial charge in [0.05, 0.1) is 15.5 Å². The van der Waals surface area contributed by atoms with Crippen LogP contribution in [0.15, 0.2) is 41.6 Å². The molecule has 0 spiro atoms. The highest BCUT2D eigenvalue weighted by molar-refractivity contribution is 7.98. The summed E-state index contributed by atoms with van der Waals surface area (Å²) in [7, 11) is 0. The first-order chi connectivity index (χ1) is 9.97. The van der Waals surface area contributed by atoms with E-state index in [2.05, 4.69) is 4.98 Å². The number of thioether (sulfide) groups is 1. The zero-order chi connectivity index (χ0) is 15.4. The Bertz CT molecular complexity index is 691. The number of carboxylic acids is 1. The summed E-state index contributed by atoms with van der Waals surface area (Å²) in [4.78, 5) is 24.4. The third-order valence-electron chi connectivity index (χ3n) is 2.58. The van der Waals surface area contributed by atoms with Crippen molar-refractivity contribution in [2.45, 2.75) is 10.8 Å². The molecule has 0 atom stereocenters. The minimum absolute atomic E-state index is 0.0840. The van der Waals surface area contributed by atoms with Gasteiger partial charge in [0.25, 0.3) is 0 Å². The van der Waals surface area contributed by atoms with E-state index in [-0.39, 0.29) is 5.56 Å². The van der Waals surface area contributed by atoms with E-state index in [4.69, 9.17) is 5.11 Å². The Morgan fingerprint density at radius 1 is 1.38 bits per heavy atom. The number of aromatic carboxylic acids is 1. The molecule has 8 heteroatoms. The maximum Gasteiger partial charge on any atom is 0.337 e. The van der Waals surface area contributed by atoms with Crippen LogP contribution in [0.4, 0.5) is 10.1 Å². The number of pyridine rings is 1. The van der Waals surface area contributed by atoms with Crippen molar-refractivity contribution in [3.05, 3.63) is 63.6 Å². The molecule has 1 aromatic heterocycles. The van der Waals surface area contributed by atoms with Crippen LogP contribution in [-0.2, 0) is 5.75 Å². The Kier molecular flexibility index (Phi) is 4.49. The summed E-state index contributed by atoms with van der Waals surface area (Å²) in [5.41, 5.74) is 0.0978. The number of halogens is 1. The van der Waals surface area contributed by atoms with Crippen LogP contribution in [0.5, 0.6) is 0 Å². The second-order valence-electron chi connectivity index (χ2n) is 4.02. The fraction of sp³-hybridized carbons (Fsp3) is 0.0769. The lowest BCUT2D eigenvalue weighted by atomic mass is 10.2. The summed E-state index contributed by atoms with van der Waals surface area (Å²) in [6.45, 7) is 0. The van der Waals surface area contributed by atoms with Gasteiger partial charge in [0, 0.05) is 18.0 Å². The molecule has 108 valence electrons. The first-order valence-corrected chi connectivity index (χ1v) is 6.71. The van der Waals surface area contributed by atoms with Crippen molar-refractivity contribution in [2.75, 3.05) is 0 Å². The van der Waals surface area contributed by atoms with E-state index in [0.717, 1.165) is 12.1 Å². The Labute approximate surface area is 122 Å². The lowest BCUT2D eigenvalue weighted by molar-refractivity contribution is -0.387. The van der Waals surface area contributed by atoms with Gasteiger partial charge in [0.2, 0.25) is 5.82 Å². The number of hydrogen-bond donors (Lipinski definition) is 1. The van der Waals surface area contributed by atoms with Gasteiger partial charge >= 0.3 is 11.7 Å². The number of carbonyl (C=O) groups is 1. The molecule has 1 N–H and O–H groups in total. The maximum absolute atomic E-state index is 13.4. The molecule has 0 saturated heterocycles. The van der Waals surface area contributed by atoms with E-state index in [9.17, 15) is 19.3 Å². The molecular weight excluding hydrogens is 299 g/mol. The van der Waals surface area contributed by atoms with Crippen LogP contribution in [0.2, 0.25) is 0 Å². The molecule has 0 saturated carbocycles. The van der Waals surface area contributed by atoms with E-state index in [0.29, 0.717) is 16.3 Å². The van der Waals surface area contributed by atoms with Gasteiger partial charge in [-0.05, 0) is 23.8 Å². The van der Waals surface area contributed by atoms with Gasteiger partial charge in [-0.15, -0.1) is 11.8 Å². The topological polar surface area (TPSA) is 93.3 Å². The highest BCUT2D eigenvalue weighted by Crippen LogP contribution is 2.24. The van der Waals surface area contributed by atoms with Gasteiger partial charge in [-0.2, -0.15) is 4.39 Å². The molecule has 1 aromatic carbocycles. The predicted molar refractivity (Wildman–Crippen MR) is 73.8 cm³/mol. The van der Waals surface area contributed by atoms with Crippen molar-refractivity contribution in [3.63, 3.8) is 0 Å². The summed E-state index contributed by atoms with van der Waals surface area (Å²) in [5, 5.41) is 19.8. The van der Waals surface area contributed by atoms with Crippen molar-refractivity contribution >= 4 is 23.4 Å². The van der Waals surface area contributed by atoms with Crippen LogP contribution in [-0.4, -0.2) is 21.0 Å². The van der Waals surface area contributed by atoms with E-state index in [1.54, 1.807) is 6.07 Å². The summed E-state index contributed by atoms with van der Waals surface area (Å²) < 4.78 is 13.4. The Hall–Kier alpha value is -2.48.